The van der Waals surface area contributed by atoms with Crippen molar-refractivity contribution < 1.29 is 4.79 Å². The molecule has 0 bridgehead atoms. The molecule has 1 atom stereocenters. The van der Waals surface area contributed by atoms with Gasteiger partial charge < -0.3 is 10.6 Å². The van der Waals surface area contributed by atoms with Crippen LogP contribution in [-0.2, 0) is 7.05 Å². The lowest BCUT2D eigenvalue weighted by Gasteiger charge is -2.18. The highest BCUT2D eigenvalue weighted by Crippen LogP contribution is 2.14. The summed E-state index contributed by atoms with van der Waals surface area (Å²) >= 11 is 0. The molecule has 1 aromatic rings. The second-order valence-electron chi connectivity index (χ2n) is 4.66. The molecule has 1 amide bonds. The molecule has 2 N–H and O–H groups in total. The molecule has 5 nitrogen and oxygen atoms in total. The summed E-state index contributed by atoms with van der Waals surface area (Å²) in [7, 11) is 3.65. The summed E-state index contributed by atoms with van der Waals surface area (Å²) < 4.78 is 1.74. The third kappa shape index (κ3) is 3.06. The van der Waals surface area contributed by atoms with Gasteiger partial charge in [-0.05, 0) is 27.2 Å². The second-order valence-corrected chi connectivity index (χ2v) is 4.66. The average molecular weight is 238 g/mol. The third-order valence-corrected chi connectivity index (χ3v) is 2.99. The van der Waals surface area contributed by atoms with Crippen molar-refractivity contribution in [3.05, 3.63) is 17.0 Å². The Morgan fingerprint density at radius 3 is 2.53 bits per heavy atom. The van der Waals surface area contributed by atoms with Gasteiger partial charge in [0.15, 0.2) is 0 Å². The lowest BCUT2D eigenvalue weighted by atomic mass is 10.1. The quantitative estimate of drug-likeness (QED) is 0.845. The zero-order chi connectivity index (χ0) is 13.2. The Bertz CT molecular complexity index is 409. The number of hydrogen-bond donors (Lipinski definition) is 1. The molecule has 0 fully saturated rings. The standard InChI is InChI=1S/C12H22N4O/c1-8(13)6-7-15(4)12(17)11-9(2)14-16(5)10(11)3/h8H,6-7,13H2,1-5H3. The molecule has 96 valence electrons. The van der Waals surface area contributed by atoms with Crippen LogP contribution in [-0.4, -0.2) is 40.2 Å². The van der Waals surface area contributed by atoms with Crippen molar-refractivity contribution in [2.24, 2.45) is 12.8 Å². The maximum atomic E-state index is 12.2. The number of amides is 1. The van der Waals surface area contributed by atoms with Gasteiger partial charge in [0.25, 0.3) is 5.91 Å². The molecule has 0 radical (unpaired) electrons. The zero-order valence-electron chi connectivity index (χ0n) is 11.3. The molecule has 0 aliphatic rings. The Hall–Kier alpha value is -1.36. The number of rotatable bonds is 4. The van der Waals surface area contributed by atoms with Crippen molar-refractivity contribution in [3.63, 3.8) is 0 Å². The fourth-order valence-corrected chi connectivity index (χ4v) is 1.77. The van der Waals surface area contributed by atoms with Crippen LogP contribution in [0.25, 0.3) is 0 Å². The van der Waals surface area contributed by atoms with E-state index in [0.29, 0.717) is 12.1 Å². The number of carbonyl (C=O) groups excluding carboxylic acids is 1. The minimum atomic E-state index is 0.0220. The topological polar surface area (TPSA) is 64.2 Å². The van der Waals surface area contributed by atoms with Gasteiger partial charge in [-0.1, -0.05) is 0 Å². The van der Waals surface area contributed by atoms with E-state index in [1.165, 1.54) is 0 Å². The molecular formula is C12H22N4O. The maximum absolute atomic E-state index is 12.2. The van der Waals surface area contributed by atoms with E-state index in [-0.39, 0.29) is 11.9 Å². The highest BCUT2D eigenvalue weighted by atomic mass is 16.2. The summed E-state index contributed by atoms with van der Waals surface area (Å²) in [4.78, 5) is 14.0. The number of aromatic nitrogens is 2. The van der Waals surface area contributed by atoms with Crippen LogP contribution in [0.3, 0.4) is 0 Å². The number of nitrogens with zero attached hydrogens (tertiary/aromatic N) is 3. The summed E-state index contributed by atoms with van der Waals surface area (Å²) in [5.41, 5.74) is 8.08. The van der Waals surface area contributed by atoms with Gasteiger partial charge in [-0.25, -0.2) is 0 Å². The van der Waals surface area contributed by atoms with Gasteiger partial charge in [0, 0.05) is 32.4 Å². The van der Waals surface area contributed by atoms with Crippen LogP contribution in [0, 0.1) is 13.8 Å². The van der Waals surface area contributed by atoms with E-state index < -0.39 is 0 Å². The van der Waals surface area contributed by atoms with E-state index in [0.717, 1.165) is 17.8 Å². The first-order valence-corrected chi connectivity index (χ1v) is 5.85. The van der Waals surface area contributed by atoms with Gasteiger partial charge in [-0.15, -0.1) is 0 Å². The van der Waals surface area contributed by atoms with Crippen LogP contribution in [0.15, 0.2) is 0 Å². The first kappa shape index (κ1) is 13.7. The minimum Gasteiger partial charge on any atom is -0.342 e. The molecule has 0 saturated heterocycles. The highest BCUT2D eigenvalue weighted by molar-refractivity contribution is 5.96. The van der Waals surface area contributed by atoms with Gasteiger partial charge in [0.2, 0.25) is 0 Å². The van der Waals surface area contributed by atoms with Crippen molar-refractivity contribution in [3.8, 4) is 0 Å². The molecule has 1 unspecified atom stereocenters. The number of nitrogens with two attached hydrogens (primary N) is 1. The van der Waals surface area contributed by atoms with Gasteiger partial charge >= 0.3 is 0 Å². The van der Waals surface area contributed by atoms with Crippen LogP contribution in [0.5, 0.6) is 0 Å². The van der Waals surface area contributed by atoms with E-state index in [9.17, 15) is 4.79 Å². The number of carbonyl (C=O) groups is 1. The summed E-state index contributed by atoms with van der Waals surface area (Å²) in [6.45, 7) is 6.38. The Morgan fingerprint density at radius 2 is 2.12 bits per heavy atom. The summed E-state index contributed by atoms with van der Waals surface area (Å²) in [5.74, 6) is 0.0220. The normalized spacial score (nSPS) is 12.6. The Balaban J connectivity index is 2.82. The number of hydrogen-bond acceptors (Lipinski definition) is 3. The SMILES string of the molecule is Cc1nn(C)c(C)c1C(=O)N(C)CCC(C)N. The lowest BCUT2D eigenvalue weighted by molar-refractivity contribution is 0.0790. The highest BCUT2D eigenvalue weighted by Gasteiger charge is 2.20. The molecule has 0 aliphatic carbocycles. The lowest BCUT2D eigenvalue weighted by Crippen LogP contribution is -2.31. The molecular weight excluding hydrogens is 216 g/mol. The summed E-state index contributed by atoms with van der Waals surface area (Å²) in [6, 6.07) is 0.112. The largest absolute Gasteiger partial charge is 0.342 e. The van der Waals surface area contributed by atoms with Crippen LogP contribution in [0.2, 0.25) is 0 Å². The fraction of sp³-hybridized carbons (Fsp3) is 0.667. The molecule has 1 aromatic heterocycles. The van der Waals surface area contributed by atoms with E-state index >= 15 is 0 Å². The Labute approximate surface area is 103 Å². The third-order valence-electron chi connectivity index (χ3n) is 2.99. The maximum Gasteiger partial charge on any atom is 0.257 e. The Morgan fingerprint density at radius 1 is 1.53 bits per heavy atom. The molecule has 1 rings (SSSR count). The predicted molar refractivity (Wildman–Crippen MR) is 67.9 cm³/mol. The van der Waals surface area contributed by atoms with Gasteiger partial charge in [0.05, 0.1) is 11.3 Å². The summed E-state index contributed by atoms with van der Waals surface area (Å²) in [5, 5.41) is 4.25. The van der Waals surface area contributed by atoms with Crippen molar-refractivity contribution in [2.45, 2.75) is 33.2 Å². The first-order chi connectivity index (χ1) is 7.84. The molecule has 5 heteroatoms. The van der Waals surface area contributed by atoms with Crippen molar-refractivity contribution in [1.29, 1.82) is 0 Å². The second kappa shape index (κ2) is 5.31. The molecule has 0 saturated carbocycles. The molecule has 0 aliphatic heterocycles. The molecule has 17 heavy (non-hydrogen) atoms. The van der Waals surface area contributed by atoms with Crippen LogP contribution >= 0.6 is 0 Å². The summed E-state index contributed by atoms with van der Waals surface area (Å²) in [6.07, 6.45) is 0.806. The predicted octanol–water partition coefficient (Wildman–Crippen LogP) is 0.846. The minimum absolute atomic E-state index is 0.0220. The average Bonchev–Trinajstić information content (AvgIpc) is 2.49. The number of aryl methyl sites for hydroxylation is 2. The van der Waals surface area contributed by atoms with Gasteiger partial charge in [-0.2, -0.15) is 5.10 Å². The van der Waals surface area contributed by atoms with Gasteiger partial charge in [-0.3, -0.25) is 9.48 Å². The van der Waals surface area contributed by atoms with Crippen molar-refractivity contribution in [1.82, 2.24) is 14.7 Å². The van der Waals surface area contributed by atoms with Crippen molar-refractivity contribution >= 4 is 5.91 Å². The molecule has 1 heterocycles. The molecule has 0 aromatic carbocycles. The van der Waals surface area contributed by atoms with Gasteiger partial charge in [0.1, 0.15) is 0 Å². The van der Waals surface area contributed by atoms with Crippen LogP contribution < -0.4 is 5.73 Å². The molecule has 0 spiro atoms. The van der Waals surface area contributed by atoms with Crippen molar-refractivity contribution in [2.75, 3.05) is 13.6 Å². The van der Waals surface area contributed by atoms with Crippen LogP contribution in [0.1, 0.15) is 35.1 Å². The fourth-order valence-electron chi connectivity index (χ4n) is 1.77. The van der Waals surface area contributed by atoms with E-state index in [1.807, 2.05) is 27.8 Å². The van der Waals surface area contributed by atoms with E-state index in [1.54, 1.807) is 16.6 Å². The first-order valence-electron chi connectivity index (χ1n) is 5.85. The zero-order valence-corrected chi connectivity index (χ0v) is 11.3. The monoisotopic (exact) mass is 238 g/mol. The van der Waals surface area contributed by atoms with E-state index in [4.69, 9.17) is 5.73 Å². The Kier molecular flexibility index (Phi) is 4.28. The van der Waals surface area contributed by atoms with Crippen LogP contribution in [0.4, 0.5) is 0 Å². The van der Waals surface area contributed by atoms with E-state index in [2.05, 4.69) is 5.10 Å². The smallest absolute Gasteiger partial charge is 0.257 e.